The number of aromatic amines is 1. The third kappa shape index (κ3) is 2.42. The standard InChI is InChI=1S/C17H11N5O2S/c1-18-16-14(10-5-2-3-6-12(10)22(23)24)11-9-19-21-17(11)20-15(16)13-7-4-8-25-13/h2-9,14,16H,(H,19,21). The Hall–Kier alpha value is -3.31. The molecule has 0 fully saturated rings. The van der Waals surface area contributed by atoms with Gasteiger partial charge < -0.3 is 4.85 Å². The van der Waals surface area contributed by atoms with Crippen molar-refractivity contribution in [2.75, 3.05) is 0 Å². The van der Waals surface area contributed by atoms with Crippen molar-refractivity contribution in [3.8, 4) is 0 Å². The van der Waals surface area contributed by atoms with Gasteiger partial charge in [0.25, 0.3) is 11.7 Å². The summed E-state index contributed by atoms with van der Waals surface area (Å²) in [5.74, 6) is 0.0499. The Balaban J connectivity index is 1.95. The molecule has 122 valence electrons. The van der Waals surface area contributed by atoms with Crippen LogP contribution in [0.2, 0.25) is 0 Å². The molecule has 1 N–H and O–H groups in total. The number of H-pyrrole nitrogens is 1. The van der Waals surface area contributed by atoms with Crippen molar-refractivity contribution in [3.05, 3.63) is 85.5 Å². The Labute approximate surface area is 146 Å². The fourth-order valence-electron chi connectivity index (χ4n) is 3.14. The molecule has 0 saturated carbocycles. The second-order valence-electron chi connectivity index (χ2n) is 5.52. The lowest BCUT2D eigenvalue weighted by molar-refractivity contribution is -0.385. The monoisotopic (exact) mass is 349 g/mol. The summed E-state index contributed by atoms with van der Waals surface area (Å²) in [6.07, 6.45) is 1.60. The molecule has 0 aliphatic carbocycles. The molecule has 2 atom stereocenters. The lowest BCUT2D eigenvalue weighted by Crippen LogP contribution is -2.29. The van der Waals surface area contributed by atoms with E-state index in [1.165, 1.54) is 17.4 Å². The highest BCUT2D eigenvalue weighted by atomic mass is 32.1. The first kappa shape index (κ1) is 15.2. The summed E-state index contributed by atoms with van der Waals surface area (Å²) in [6, 6.07) is 9.69. The number of thiophene rings is 1. The first-order valence-electron chi connectivity index (χ1n) is 7.46. The van der Waals surface area contributed by atoms with Crippen LogP contribution in [0.3, 0.4) is 0 Å². The van der Waals surface area contributed by atoms with Crippen molar-refractivity contribution >= 4 is 28.6 Å². The maximum Gasteiger partial charge on any atom is 0.277 e. The van der Waals surface area contributed by atoms with E-state index >= 15 is 0 Å². The summed E-state index contributed by atoms with van der Waals surface area (Å²) < 4.78 is 0. The van der Waals surface area contributed by atoms with Gasteiger partial charge in [-0.1, -0.05) is 24.3 Å². The maximum atomic E-state index is 11.5. The van der Waals surface area contributed by atoms with Crippen molar-refractivity contribution in [1.29, 1.82) is 0 Å². The smallest absolute Gasteiger partial charge is 0.277 e. The van der Waals surface area contributed by atoms with Crippen LogP contribution in [-0.4, -0.2) is 26.9 Å². The fraction of sp³-hybridized carbons (Fsp3) is 0.118. The number of aromatic nitrogens is 2. The van der Waals surface area contributed by atoms with Gasteiger partial charge in [0.05, 0.1) is 16.0 Å². The average Bonchev–Trinajstić information content (AvgIpc) is 3.31. The van der Waals surface area contributed by atoms with Gasteiger partial charge in [-0.25, -0.2) is 11.6 Å². The lowest BCUT2D eigenvalue weighted by Gasteiger charge is -2.23. The number of nitro groups is 1. The van der Waals surface area contributed by atoms with E-state index in [-0.39, 0.29) is 5.69 Å². The third-order valence-electron chi connectivity index (χ3n) is 4.19. The summed E-state index contributed by atoms with van der Waals surface area (Å²) in [4.78, 5) is 20.3. The minimum atomic E-state index is -0.648. The van der Waals surface area contributed by atoms with Crippen molar-refractivity contribution < 1.29 is 4.92 Å². The zero-order valence-electron chi connectivity index (χ0n) is 12.8. The van der Waals surface area contributed by atoms with Gasteiger partial charge in [0.2, 0.25) is 0 Å². The van der Waals surface area contributed by atoms with Crippen LogP contribution in [-0.2, 0) is 0 Å². The second kappa shape index (κ2) is 5.96. The number of hydrogen-bond donors (Lipinski definition) is 1. The van der Waals surface area contributed by atoms with Gasteiger partial charge in [-0.05, 0) is 11.4 Å². The summed E-state index contributed by atoms with van der Waals surface area (Å²) in [7, 11) is 0. The average molecular weight is 349 g/mol. The van der Waals surface area contributed by atoms with Gasteiger partial charge in [0.1, 0.15) is 11.6 Å². The zero-order chi connectivity index (χ0) is 17.4. The predicted octanol–water partition coefficient (Wildman–Crippen LogP) is 3.93. The highest BCUT2D eigenvalue weighted by Crippen LogP contribution is 2.43. The summed E-state index contributed by atoms with van der Waals surface area (Å²) in [5, 5.41) is 20.3. The molecule has 2 unspecified atom stereocenters. The number of fused-ring (bicyclic) bond motifs is 1. The fourth-order valence-corrected chi connectivity index (χ4v) is 3.88. The number of benzene rings is 1. The summed E-state index contributed by atoms with van der Waals surface area (Å²) in [5.41, 5.74) is 1.82. The SMILES string of the molecule is [C-]#[N+]C1C(c2cccs2)=Nc2[nH]ncc2C1c1ccccc1[N+](=O)[O-]. The Morgan fingerprint density at radius 2 is 2.08 bits per heavy atom. The first-order chi connectivity index (χ1) is 12.2. The van der Waals surface area contributed by atoms with Crippen LogP contribution in [0, 0.1) is 16.7 Å². The highest BCUT2D eigenvalue weighted by molar-refractivity contribution is 7.12. The lowest BCUT2D eigenvalue weighted by atomic mass is 9.81. The van der Waals surface area contributed by atoms with Crippen molar-refractivity contribution in [3.63, 3.8) is 0 Å². The minimum Gasteiger partial charge on any atom is -0.306 e. The van der Waals surface area contributed by atoms with Crippen LogP contribution < -0.4 is 0 Å². The maximum absolute atomic E-state index is 11.5. The van der Waals surface area contributed by atoms with Crippen LogP contribution in [0.4, 0.5) is 11.5 Å². The van der Waals surface area contributed by atoms with Crippen molar-refractivity contribution in [2.45, 2.75) is 12.0 Å². The molecule has 0 bridgehead atoms. The van der Waals surface area contributed by atoms with Crippen LogP contribution in [0.1, 0.15) is 21.9 Å². The number of rotatable bonds is 3. The molecule has 8 heteroatoms. The van der Waals surface area contributed by atoms with Crippen LogP contribution in [0.15, 0.2) is 53.0 Å². The zero-order valence-corrected chi connectivity index (χ0v) is 13.6. The van der Waals surface area contributed by atoms with E-state index < -0.39 is 16.9 Å². The van der Waals surface area contributed by atoms with E-state index in [0.29, 0.717) is 22.7 Å². The molecule has 4 rings (SSSR count). The van der Waals surface area contributed by atoms with Gasteiger partial charge in [-0.15, -0.1) is 11.3 Å². The Kier molecular flexibility index (Phi) is 3.63. The number of hydrogen-bond acceptors (Lipinski definition) is 5. The van der Waals surface area contributed by atoms with Gasteiger partial charge in [0.15, 0.2) is 5.82 Å². The molecule has 2 aromatic heterocycles. The normalized spacial score (nSPS) is 18.9. The molecule has 0 radical (unpaired) electrons. The molecule has 0 amide bonds. The summed E-state index contributed by atoms with van der Waals surface area (Å²) in [6.45, 7) is 7.73. The quantitative estimate of drug-likeness (QED) is 0.441. The largest absolute Gasteiger partial charge is 0.306 e. The highest BCUT2D eigenvalue weighted by Gasteiger charge is 2.43. The van der Waals surface area contributed by atoms with Gasteiger partial charge in [-0.3, -0.25) is 15.2 Å². The van der Waals surface area contributed by atoms with Gasteiger partial charge in [0, 0.05) is 17.2 Å². The first-order valence-corrected chi connectivity index (χ1v) is 8.34. The molecule has 1 aliphatic rings. The topological polar surface area (TPSA) is 88.5 Å². The molecule has 0 spiro atoms. The van der Waals surface area contributed by atoms with Crippen molar-refractivity contribution in [1.82, 2.24) is 10.2 Å². The number of para-hydroxylation sites is 1. The van der Waals surface area contributed by atoms with Gasteiger partial charge in [-0.2, -0.15) is 5.10 Å². The second-order valence-corrected chi connectivity index (χ2v) is 6.46. The number of nitro benzene ring substituents is 1. The Morgan fingerprint density at radius 1 is 1.24 bits per heavy atom. The summed E-state index contributed by atoms with van der Waals surface area (Å²) >= 11 is 1.49. The molecule has 3 heterocycles. The van der Waals surface area contributed by atoms with Crippen LogP contribution in [0.5, 0.6) is 0 Å². The Morgan fingerprint density at radius 3 is 2.80 bits per heavy atom. The predicted molar refractivity (Wildman–Crippen MR) is 94.4 cm³/mol. The Bertz CT molecular complexity index is 1020. The third-order valence-corrected chi connectivity index (χ3v) is 5.08. The number of aliphatic imine (C=N–C) groups is 1. The van der Waals surface area contributed by atoms with E-state index in [1.54, 1.807) is 24.4 Å². The number of nitrogens with one attached hydrogen (secondary N) is 1. The molecule has 7 nitrogen and oxygen atoms in total. The molecule has 25 heavy (non-hydrogen) atoms. The molecule has 3 aromatic rings. The van der Waals surface area contributed by atoms with Crippen LogP contribution in [0.25, 0.3) is 4.85 Å². The number of nitrogens with zero attached hydrogens (tertiary/aromatic N) is 4. The molecule has 0 saturated heterocycles. The van der Waals surface area contributed by atoms with E-state index in [9.17, 15) is 10.1 Å². The molecule has 1 aliphatic heterocycles. The van der Waals surface area contributed by atoms with E-state index in [1.807, 2.05) is 17.5 Å². The minimum absolute atomic E-state index is 0.000676. The molecular formula is C17H11N5O2S. The van der Waals surface area contributed by atoms with E-state index in [0.717, 1.165) is 4.88 Å². The molecular weight excluding hydrogens is 338 g/mol. The molecule has 1 aromatic carbocycles. The van der Waals surface area contributed by atoms with Crippen LogP contribution >= 0.6 is 11.3 Å². The van der Waals surface area contributed by atoms with E-state index in [2.05, 4.69) is 20.0 Å². The van der Waals surface area contributed by atoms with E-state index in [4.69, 9.17) is 6.57 Å². The van der Waals surface area contributed by atoms with Gasteiger partial charge >= 0.3 is 0 Å². The van der Waals surface area contributed by atoms with Crippen molar-refractivity contribution in [2.24, 2.45) is 4.99 Å².